The van der Waals surface area contributed by atoms with E-state index in [0.717, 1.165) is 10.9 Å². The van der Waals surface area contributed by atoms with Crippen LogP contribution in [0.5, 0.6) is 0 Å². The zero-order chi connectivity index (χ0) is 13.2. The summed E-state index contributed by atoms with van der Waals surface area (Å²) >= 11 is 0. The van der Waals surface area contributed by atoms with E-state index < -0.39 is 5.60 Å². The van der Waals surface area contributed by atoms with Crippen molar-refractivity contribution in [1.82, 2.24) is 4.98 Å². The first-order valence-electron chi connectivity index (χ1n) is 6.05. The molecule has 1 aromatic heterocycles. The molecular weight excluding hydrogens is 226 g/mol. The number of carbonyl (C=O) groups is 1. The molecule has 3 heteroatoms. The number of fused-ring (bicyclic) bond motifs is 1. The van der Waals surface area contributed by atoms with Gasteiger partial charge in [0, 0.05) is 24.3 Å². The van der Waals surface area contributed by atoms with Gasteiger partial charge >= 0.3 is 0 Å². The summed E-state index contributed by atoms with van der Waals surface area (Å²) in [6.07, 6.45) is 2.39. The highest BCUT2D eigenvalue weighted by molar-refractivity contribution is 6.04. The molecule has 0 bridgehead atoms. The minimum Gasteiger partial charge on any atom is -0.370 e. The van der Waals surface area contributed by atoms with Crippen molar-refractivity contribution in [3.63, 3.8) is 0 Å². The van der Waals surface area contributed by atoms with Gasteiger partial charge in [-0.25, -0.2) is 0 Å². The third-order valence-corrected chi connectivity index (χ3v) is 3.47. The molecule has 0 aliphatic rings. The molecule has 94 valence electrons. The van der Waals surface area contributed by atoms with Crippen LogP contribution in [0, 0.1) is 0 Å². The van der Waals surface area contributed by atoms with Crippen molar-refractivity contribution in [1.29, 1.82) is 0 Å². The molecule has 0 aliphatic heterocycles. The Morgan fingerprint density at radius 2 is 2.17 bits per heavy atom. The second-order valence-electron chi connectivity index (χ2n) is 4.53. The number of hydrogen-bond acceptors (Lipinski definition) is 3. The maximum atomic E-state index is 12.4. The van der Waals surface area contributed by atoms with Gasteiger partial charge in [0.15, 0.2) is 5.78 Å². The zero-order valence-electron chi connectivity index (χ0n) is 10.9. The first-order valence-corrected chi connectivity index (χ1v) is 6.05. The molecule has 2 rings (SSSR count). The van der Waals surface area contributed by atoms with Gasteiger partial charge in [-0.3, -0.25) is 9.78 Å². The Labute approximate surface area is 107 Å². The van der Waals surface area contributed by atoms with Gasteiger partial charge in [0.1, 0.15) is 5.60 Å². The molecule has 0 saturated carbocycles. The molecule has 1 atom stereocenters. The highest BCUT2D eigenvalue weighted by atomic mass is 16.5. The van der Waals surface area contributed by atoms with Crippen LogP contribution < -0.4 is 0 Å². The zero-order valence-corrected chi connectivity index (χ0v) is 10.9. The minimum atomic E-state index is -0.754. The van der Waals surface area contributed by atoms with E-state index in [0.29, 0.717) is 12.0 Å². The van der Waals surface area contributed by atoms with Crippen molar-refractivity contribution in [3.05, 3.63) is 42.1 Å². The third-order valence-electron chi connectivity index (χ3n) is 3.47. The lowest BCUT2D eigenvalue weighted by Crippen LogP contribution is -2.36. The fourth-order valence-electron chi connectivity index (χ4n) is 1.92. The maximum absolute atomic E-state index is 12.4. The molecular formula is C15H17NO2. The Morgan fingerprint density at radius 3 is 2.83 bits per heavy atom. The average Bonchev–Trinajstić information content (AvgIpc) is 2.45. The molecule has 3 nitrogen and oxygen atoms in total. The van der Waals surface area contributed by atoms with E-state index in [1.165, 1.54) is 0 Å². The van der Waals surface area contributed by atoms with Crippen molar-refractivity contribution in [2.24, 2.45) is 0 Å². The number of Topliss-reactive ketones (excluding diaryl/α,β-unsaturated/α-hetero) is 1. The van der Waals surface area contributed by atoms with Gasteiger partial charge in [0.25, 0.3) is 0 Å². The summed E-state index contributed by atoms with van der Waals surface area (Å²) in [7, 11) is 1.57. The summed E-state index contributed by atoms with van der Waals surface area (Å²) in [5, 5.41) is 0.970. The Balaban J connectivity index is 2.45. The second-order valence-corrected chi connectivity index (χ2v) is 4.53. The van der Waals surface area contributed by atoms with E-state index in [1.54, 1.807) is 13.3 Å². The summed E-state index contributed by atoms with van der Waals surface area (Å²) in [6.45, 7) is 3.77. The molecule has 2 aromatic rings. The lowest BCUT2D eigenvalue weighted by Gasteiger charge is -2.25. The fraction of sp³-hybridized carbons (Fsp3) is 0.333. The molecule has 0 spiro atoms. The van der Waals surface area contributed by atoms with Crippen LogP contribution in [0.2, 0.25) is 0 Å². The van der Waals surface area contributed by atoms with Crippen LogP contribution in [0.25, 0.3) is 10.9 Å². The number of rotatable bonds is 4. The standard InChI is InChI=1S/C15H17NO2/c1-4-15(2,18-3)14(17)12-7-8-13-11(10-12)6-5-9-16-13/h5-10H,4H2,1-3H3. The van der Waals surface area contributed by atoms with Crippen molar-refractivity contribution in [3.8, 4) is 0 Å². The quantitative estimate of drug-likeness (QED) is 0.774. The van der Waals surface area contributed by atoms with E-state index in [9.17, 15) is 4.79 Å². The highest BCUT2D eigenvalue weighted by Gasteiger charge is 2.31. The molecule has 0 radical (unpaired) electrons. The number of ketones is 1. The van der Waals surface area contributed by atoms with Crippen LogP contribution in [-0.2, 0) is 4.74 Å². The molecule has 0 N–H and O–H groups in total. The van der Waals surface area contributed by atoms with Gasteiger partial charge in [-0.1, -0.05) is 13.0 Å². The predicted octanol–water partition coefficient (Wildman–Crippen LogP) is 3.23. The van der Waals surface area contributed by atoms with Crippen LogP contribution in [0.3, 0.4) is 0 Å². The molecule has 1 unspecified atom stereocenters. The van der Waals surface area contributed by atoms with E-state index in [-0.39, 0.29) is 5.78 Å². The van der Waals surface area contributed by atoms with Crippen molar-refractivity contribution >= 4 is 16.7 Å². The molecule has 1 heterocycles. The van der Waals surface area contributed by atoms with Gasteiger partial charge in [0.2, 0.25) is 0 Å². The minimum absolute atomic E-state index is 0.0123. The second kappa shape index (κ2) is 4.86. The molecule has 0 amide bonds. The number of carbonyl (C=O) groups excluding carboxylic acids is 1. The van der Waals surface area contributed by atoms with Gasteiger partial charge in [-0.15, -0.1) is 0 Å². The normalized spacial score (nSPS) is 14.4. The monoisotopic (exact) mass is 243 g/mol. The number of ether oxygens (including phenoxy) is 1. The largest absolute Gasteiger partial charge is 0.370 e. The predicted molar refractivity (Wildman–Crippen MR) is 71.8 cm³/mol. The Morgan fingerprint density at radius 1 is 1.39 bits per heavy atom. The number of nitrogens with zero attached hydrogens (tertiary/aromatic N) is 1. The van der Waals surface area contributed by atoms with Crippen LogP contribution in [0.15, 0.2) is 36.5 Å². The van der Waals surface area contributed by atoms with Crippen molar-refractivity contribution < 1.29 is 9.53 Å². The van der Waals surface area contributed by atoms with E-state index >= 15 is 0 Å². The molecule has 0 fully saturated rings. The number of hydrogen-bond donors (Lipinski definition) is 0. The smallest absolute Gasteiger partial charge is 0.194 e. The fourth-order valence-corrected chi connectivity index (χ4v) is 1.92. The summed E-state index contributed by atoms with van der Waals surface area (Å²) in [4.78, 5) is 16.7. The van der Waals surface area contributed by atoms with Gasteiger partial charge in [-0.05, 0) is 37.6 Å². The lowest BCUT2D eigenvalue weighted by molar-refractivity contribution is 0.0106. The van der Waals surface area contributed by atoms with Gasteiger partial charge in [0.05, 0.1) is 5.52 Å². The third kappa shape index (κ3) is 2.14. The van der Waals surface area contributed by atoms with E-state index in [1.807, 2.05) is 44.2 Å². The number of pyridine rings is 1. The number of benzene rings is 1. The Kier molecular flexibility index (Phi) is 3.43. The van der Waals surface area contributed by atoms with E-state index in [2.05, 4.69) is 4.98 Å². The molecule has 1 aromatic carbocycles. The van der Waals surface area contributed by atoms with Crippen LogP contribution >= 0.6 is 0 Å². The van der Waals surface area contributed by atoms with Gasteiger partial charge < -0.3 is 4.74 Å². The molecule has 0 saturated heterocycles. The number of methoxy groups -OCH3 is 1. The van der Waals surface area contributed by atoms with Gasteiger partial charge in [-0.2, -0.15) is 0 Å². The Bertz CT molecular complexity index is 573. The highest BCUT2D eigenvalue weighted by Crippen LogP contribution is 2.22. The summed E-state index contributed by atoms with van der Waals surface area (Å²) < 4.78 is 5.35. The first-order chi connectivity index (χ1) is 8.60. The van der Waals surface area contributed by atoms with Crippen LogP contribution in [0.4, 0.5) is 0 Å². The van der Waals surface area contributed by atoms with E-state index in [4.69, 9.17) is 4.74 Å². The average molecular weight is 243 g/mol. The summed E-state index contributed by atoms with van der Waals surface area (Å²) in [5.74, 6) is 0.0123. The topological polar surface area (TPSA) is 39.2 Å². The van der Waals surface area contributed by atoms with Crippen LogP contribution in [0.1, 0.15) is 30.6 Å². The van der Waals surface area contributed by atoms with Crippen LogP contribution in [-0.4, -0.2) is 23.5 Å². The first kappa shape index (κ1) is 12.7. The van der Waals surface area contributed by atoms with Crippen molar-refractivity contribution in [2.75, 3.05) is 7.11 Å². The molecule has 18 heavy (non-hydrogen) atoms. The maximum Gasteiger partial charge on any atom is 0.194 e. The Hall–Kier alpha value is -1.74. The molecule has 0 aliphatic carbocycles. The lowest BCUT2D eigenvalue weighted by atomic mass is 9.91. The summed E-state index contributed by atoms with van der Waals surface area (Å²) in [5.41, 5.74) is 0.807. The SMILES string of the molecule is CCC(C)(OC)C(=O)c1ccc2ncccc2c1. The number of aromatic nitrogens is 1. The van der Waals surface area contributed by atoms with Crippen molar-refractivity contribution in [2.45, 2.75) is 25.9 Å². The summed E-state index contributed by atoms with van der Waals surface area (Å²) in [6, 6.07) is 9.37.